The Morgan fingerprint density at radius 1 is 1.04 bits per heavy atom. The van der Waals surface area contributed by atoms with Gasteiger partial charge in [-0.25, -0.2) is 18.7 Å². The van der Waals surface area contributed by atoms with Gasteiger partial charge >= 0.3 is 0 Å². The van der Waals surface area contributed by atoms with Crippen molar-refractivity contribution in [3.05, 3.63) is 66.0 Å². The fourth-order valence-corrected chi connectivity index (χ4v) is 3.34. The Morgan fingerprint density at radius 3 is 2.50 bits per heavy atom. The number of halogens is 2. The third-order valence-electron chi connectivity index (χ3n) is 4.62. The maximum Gasteiger partial charge on any atom is 0.143 e. The summed E-state index contributed by atoms with van der Waals surface area (Å²) in [6, 6.07) is 11.4. The number of anilines is 1. The predicted octanol–water partition coefficient (Wildman–Crippen LogP) is 4.50. The Kier molecular flexibility index (Phi) is 3.63. The lowest BCUT2D eigenvalue weighted by atomic mass is 10.0. The van der Waals surface area contributed by atoms with E-state index in [-0.39, 0.29) is 17.7 Å². The molecule has 0 bridgehead atoms. The summed E-state index contributed by atoms with van der Waals surface area (Å²) in [5, 5.41) is 0.426. The van der Waals surface area contributed by atoms with Crippen LogP contribution in [-0.2, 0) is 0 Å². The first kappa shape index (κ1) is 15.0. The minimum Gasteiger partial charge on any atom is -0.352 e. The fraction of sp³-hybridized carbons (Fsp3) is 0.263. The van der Waals surface area contributed by atoms with Crippen LogP contribution in [0.1, 0.15) is 24.4 Å². The topological polar surface area (TPSA) is 29.0 Å². The van der Waals surface area contributed by atoms with Crippen molar-refractivity contribution in [3.63, 3.8) is 0 Å². The van der Waals surface area contributed by atoms with E-state index in [2.05, 4.69) is 9.97 Å². The van der Waals surface area contributed by atoms with Gasteiger partial charge < -0.3 is 4.90 Å². The van der Waals surface area contributed by atoms with Gasteiger partial charge in [0.2, 0.25) is 0 Å². The summed E-state index contributed by atoms with van der Waals surface area (Å²) in [6.45, 7) is 0. The molecule has 1 aliphatic carbocycles. The lowest BCUT2D eigenvalue weighted by Crippen LogP contribution is -2.27. The third kappa shape index (κ3) is 2.60. The van der Waals surface area contributed by atoms with Crippen LogP contribution in [0, 0.1) is 17.6 Å². The standard InChI is InChI=1S/C19H17F2N3/c1-24(18(12-5-6-12)13-7-9-14(20)10-8-13)19-17-15(21)3-2-4-16(17)22-11-23-19/h2-4,7-12,18H,5-6H2,1H3. The monoisotopic (exact) mass is 325 g/mol. The molecule has 0 spiro atoms. The minimum absolute atomic E-state index is 0.0447. The van der Waals surface area contributed by atoms with E-state index in [9.17, 15) is 8.78 Å². The fourth-order valence-electron chi connectivity index (χ4n) is 3.34. The predicted molar refractivity (Wildman–Crippen MR) is 89.8 cm³/mol. The normalized spacial score (nSPS) is 15.5. The van der Waals surface area contributed by atoms with Gasteiger partial charge in [-0.1, -0.05) is 18.2 Å². The van der Waals surface area contributed by atoms with E-state index in [0.717, 1.165) is 18.4 Å². The van der Waals surface area contributed by atoms with Gasteiger partial charge in [-0.2, -0.15) is 0 Å². The Hall–Kier alpha value is -2.56. The molecule has 122 valence electrons. The maximum absolute atomic E-state index is 14.4. The van der Waals surface area contributed by atoms with Gasteiger partial charge in [-0.3, -0.25) is 0 Å². The van der Waals surface area contributed by atoms with E-state index in [0.29, 0.717) is 22.6 Å². The molecular weight excluding hydrogens is 308 g/mol. The van der Waals surface area contributed by atoms with Crippen LogP contribution in [0.4, 0.5) is 14.6 Å². The molecule has 1 fully saturated rings. The molecule has 3 aromatic rings. The van der Waals surface area contributed by atoms with Crippen LogP contribution in [0.25, 0.3) is 10.9 Å². The quantitative estimate of drug-likeness (QED) is 0.707. The molecule has 3 nitrogen and oxygen atoms in total. The lowest BCUT2D eigenvalue weighted by Gasteiger charge is -2.30. The number of fused-ring (bicyclic) bond motifs is 1. The van der Waals surface area contributed by atoms with Crippen molar-refractivity contribution in [2.75, 3.05) is 11.9 Å². The van der Waals surface area contributed by atoms with Gasteiger partial charge in [0.1, 0.15) is 23.8 Å². The van der Waals surface area contributed by atoms with E-state index in [1.807, 2.05) is 11.9 Å². The van der Waals surface area contributed by atoms with Crippen LogP contribution in [0.2, 0.25) is 0 Å². The average Bonchev–Trinajstić information content (AvgIpc) is 3.41. The van der Waals surface area contributed by atoms with Gasteiger partial charge in [0.15, 0.2) is 0 Å². The number of hydrogen-bond donors (Lipinski definition) is 0. The molecule has 5 heteroatoms. The van der Waals surface area contributed by atoms with E-state index < -0.39 is 0 Å². The lowest BCUT2D eigenvalue weighted by molar-refractivity contribution is 0.581. The molecule has 1 saturated carbocycles. The van der Waals surface area contributed by atoms with Crippen LogP contribution in [0.15, 0.2) is 48.8 Å². The van der Waals surface area contributed by atoms with Crippen molar-refractivity contribution in [2.24, 2.45) is 5.92 Å². The van der Waals surface area contributed by atoms with Crippen LogP contribution in [0.3, 0.4) is 0 Å². The van der Waals surface area contributed by atoms with Gasteiger partial charge in [0.25, 0.3) is 0 Å². The molecule has 0 radical (unpaired) electrons. The largest absolute Gasteiger partial charge is 0.352 e. The van der Waals surface area contributed by atoms with E-state index in [1.54, 1.807) is 24.3 Å². The van der Waals surface area contributed by atoms with Gasteiger partial charge in [0, 0.05) is 7.05 Å². The highest BCUT2D eigenvalue weighted by atomic mass is 19.1. The number of rotatable bonds is 4. The molecule has 24 heavy (non-hydrogen) atoms. The summed E-state index contributed by atoms with van der Waals surface area (Å²) in [5.74, 6) is 0.453. The Bertz CT molecular complexity index is 870. The average molecular weight is 325 g/mol. The van der Waals surface area contributed by atoms with Gasteiger partial charge in [-0.15, -0.1) is 0 Å². The summed E-state index contributed by atoms with van der Waals surface area (Å²) < 4.78 is 27.7. The highest BCUT2D eigenvalue weighted by Crippen LogP contribution is 2.46. The van der Waals surface area contributed by atoms with Crippen molar-refractivity contribution in [2.45, 2.75) is 18.9 Å². The zero-order valence-electron chi connectivity index (χ0n) is 13.3. The molecule has 0 saturated heterocycles. The zero-order chi connectivity index (χ0) is 16.7. The van der Waals surface area contributed by atoms with Crippen molar-refractivity contribution in [1.29, 1.82) is 0 Å². The van der Waals surface area contributed by atoms with Gasteiger partial charge in [-0.05, 0) is 48.6 Å². The maximum atomic E-state index is 14.4. The van der Waals surface area contributed by atoms with E-state index in [1.165, 1.54) is 24.5 Å². The van der Waals surface area contributed by atoms with Gasteiger partial charge in [0.05, 0.1) is 16.9 Å². The Morgan fingerprint density at radius 2 is 1.79 bits per heavy atom. The highest BCUT2D eigenvalue weighted by molar-refractivity contribution is 5.89. The number of benzene rings is 2. The van der Waals surface area contributed by atoms with Crippen LogP contribution in [0.5, 0.6) is 0 Å². The number of aromatic nitrogens is 2. The first-order chi connectivity index (χ1) is 11.6. The smallest absolute Gasteiger partial charge is 0.143 e. The van der Waals surface area contributed by atoms with Crippen molar-refractivity contribution in [3.8, 4) is 0 Å². The second-order valence-electron chi connectivity index (χ2n) is 6.28. The summed E-state index contributed by atoms with van der Waals surface area (Å²) in [4.78, 5) is 10.5. The molecule has 1 atom stereocenters. The van der Waals surface area contributed by atoms with Crippen LogP contribution >= 0.6 is 0 Å². The Labute approximate surface area is 139 Å². The molecule has 0 aliphatic heterocycles. The second-order valence-corrected chi connectivity index (χ2v) is 6.28. The minimum atomic E-state index is -0.330. The van der Waals surface area contributed by atoms with E-state index in [4.69, 9.17) is 0 Å². The molecular formula is C19H17F2N3. The molecule has 1 aromatic heterocycles. The van der Waals surface area contributed by atoms with Crippen molar-refractivity contribution in [1.82, 2.24) is 9.97 Å². The molecule has 4 rings (SSSR count). The SMILES string of the molecule is CN(c1ncnc2cccc(F)c12)C(c1ccc(F)cc1)C1CC1. The highest BCUT2D eigenvalue weighted by Gasteiger charge is 2.36. The first-order valence-corrected chi connectivity index (χ1v) is 8.02. The molecule has 1 heterocycles. The van der Waals surface area contributed by atoms with Crippen molar-refractivity contribution < 1.29 is 8.78 Å². The molecule has 2 aromatic carbocycles. The van der Waals surface area contributed by atoms with Crippen LogP contribution in [-0.4, -0.2) is 17.0 Å². The molecule has 0 amide bonds. The summed E-state index contributed by atoms with van der Waals surface area (Å²) in [7, 11) is 1.92. The molecule has 1 aliphatic rings. The molecule has 0 N–H and O–H groups in total. The van der Waals surface area contributed by atoms with Crippen molar-refractivity contribution >= 4 is 16.7 Å². The molecule has 1 unspecified atom stereocenters. The van der Waals surface area contributed by atoms with E-state index >= 15 is 0 Å². The Balaban J connectivity index is 1.81. The summed E-state index contributed by atoms with van der Waals surface area (Å²) in [6.07, 6.45) is 3.68. The number of nitrogens with zero attached hydrogens (tertiary/aromatic N) is 3. The summed E-state index contributed by atoms with van der Waals surface area (Å²) in [5.41, 5.74) is 1.60. The third-order valence-corrected chi connectivity index (χ3v) is 4.62. The second kappa shape index (κ2) is 5.82. The zero-order valence-corrected chi connectivity index (χ0v) is 13.3. The first-order valence-electron chi connectivity index (χ1n) is 8.02. The van der Waals surface area contributed by atoms with Crippen LogP contribution < -0.4 is 4.90 Å². The number of hydrogen-bond acceptors (Lipinski definition) is 3. The summed E-state index contributed by atoms with van der Waals surface area (Å²) >= 11 is 0.